The Hall–Kier alpha value is -1.22. The molecule has 1 saturated carbocycles. The number of phenols is 1. The van der Waals surface area contributed by atoms with E-state index in [-0.39, 0.29) is 23.0 Å². The number of hydrogen-bond donors (Lipinski definition) is 2. The summed E-state index contributed by atoms with van der Waals surface area (Å²) >= 11 is 5.98. The molecule has 98 valence electrons. The molecule has 0 radical (unpaired) electrons. The van der Waals surface area contributed by atoms with E-state index < -0.39 is 0 Å². The smallest absolute Gasteiger partial charge is 0.228 e. The Balaban J connectivity index is 2.12. The Morgan fingerprint density at radius 2 is 2.22 bits per heavy atom. The van der Waals surface area contributed by atoms with Gasteiger partial charge in [0.05, 0.1) is 10.7 Å². The summed E-state index contributed by atoms with van der Waals surface area (Å²) in [6, 6.07) is 4.57. The Labute approximate surface area is 112 Å². The number of rotatable bonds is 2. The summed E-state index contributed by atoms with van der Waals surface area (Å²) in [6.45, 7) is 4.26. The van der Waals surface area contributed by atoms with Gasteiger partial charge in [-0.1, -0.05) is 31.9 Å². The molecule has 0 aliphatic heterocycles. The second-order valence-corrected chi connectivity index (χ2v) is 5.99. The Kier molecular flexibility index (Phi) is 3.53. The van der Waals surface area contributed by atoms with Crippen LogP contribution in [0.3, 0.4) is 0 Å². The summed E-state index contributed by atoms with van der Waals surface area (Å²) in [7, 11) is 0. The third-order valence-corrected chi connectivity index (χ3v) is 4.10. The fourth-order valence-corrected chi connectivity index (χ4v) is 2.86. The lowest BCUT2D eigenvalue weighted by atomic mass is 9.81. The lowest BCUT2D eigenvalue weighted by Crippen LogP contribution is -2.30. The number of phenolic OH excluding ortho intramolecular Hbond substituents is 1. The molecular weight excluding hydrogens is 250 g/mol. The molecule has 1 amide bonds. The standard InChI is InChI=1S/C14H18ClNO2/c1-14(2)7-3-4-10(14)13(18)16-12-6-5-9(17)8-11(12)15/h5-6,8,10,17H,3-4,7H2,1-2H3,(H,16,18). The van der Waals surface area contributed by atoms with Gasteiger partial charge < -0.3 is 10.4 Å². The zero-order valence-corrected chi connectivity index (χ0v) is 11.4. The average molecular weight is 268 g/mol. The van der Waals surface area contributed by atoms with Gasteiger partial charge in [0.25, 0.3) is 0 Å². The summed E-state index contributed by atoms with van der Waals surface area (Å²) in [5.41, 5.74) is 0.607. The van der Waals surface area contributed by atoms with Crippen molar-refractivity contribution in [2.24, 2.45) is 11.3 Å². The van der Waals surface area contributed by atoms with Crippen LogP contribution in [0.1, 0.15) is 33.1 Å². The third-order valence-electron chi connectivity index (χ3n) is 3.78. The van der Waals surface area contributed by atoms with Crippen LogP contribution in [0, 0.1) is 11.3 Å². The first kappa shape index (κ1) is 13.2. The lowest BCUT2D eigenvalue weighted by Gasteiger charge is -2.26. The van der Waals surface area contributed by atoms with Crippen LogP contribution < -0.4 is 5.32 Å². The van der Waals surface area contributed by atoms with Gasteiger partial charge in [0.2, 0.25) is 5.91 Å². The molecule has 0 aromatic heterocycles. The van der Waals surface area contributed by atoms with E-state index in [2.05, 4.69) is 19.2 Å². The molecule has 2 N–H and O–H groups in total. The molecule has 4 heteroatoms. The number of halogens is 1. The highest BCUT2D eigenvalue weighted by Crippen LogP contribution is 2.43. The van der Waals surface area contributed by atoms with E-state index >= 15 is 0 Å². The molecule has 0 bridgehead atoms. The van der Waals surface area contributed by atoms with Gasteiger partial charge in [0, 0.05) is 12.0 Å². The lowest BCUT2D eigenvalue weighted by molar-refractivity contribution is -0.122. The minimum Gasteiger partial charge on any atom is -0.508 e. The van der Waals surface area contributed by atoms with Crippen molar-refractivity contribution in [3.05, 3.63) is 23.2 Å². The van der Waals surface area contributed by atoms with Crippen molar-refractivity contribution in [2.75, 3.05) is 5.32 Å². The molecule has 1 aromatic carbocycles. The maximum Gasteiger partial charge on any atom is 0.228 e. The zero-order chi connectivity index (χ0) is 13.3. The molecule has 1 aliphatic carbocycles. The maximum absolute atomic E-state index is 12.2. The predicted octanol–water partition coefficient (Wildman–Crippen LogP) is 3.81. The Bertz CT molecular complexity index is 471. The van der Waals surface area contributed by atoms with Crippen LogP contribution in [0.25, 0.3) is 0 Å². The molecule has 0 saturated heterocycles. The number of benzene rings is 1. The number of carbonyl (C=O) groups excluding carboxylic acids is 1. The third kappa shape index (κ3) is 2.61. The van der Waals surface area contributed by atoms with Gasteiger partial charge in [-0.2, -0.15) is 0 Å². The van der Waals surface area contributed by atoms with E-state index in [1.807, 2.05) is 0 Å². The second-order valence-electron chi connectivity index (χ2n) is 5.59. The first-order valence-corrected chi connectivity index (χ1v) is 6.57. The van der Waals surface area contributed by atoms with Gasteiger partial charge in [0.1, 0.15) is 5.75 Å². The second kappa shape index (κ2) is 4.81. The van der Waals surface area contributed by atoms with Gasteiger partial charge in [-0.05, 0) is 30.4 Å². The van der Waals surface area contributed by atoms with Crippen molar-refractivity contribution >= 4 is 23.2 Å². The van der Waals surface area contributed by atoms with Crippen molar-refractivity contribution in [3.63, 3.8) is 0 Å². The highest BCUT2D eigenvalue weighted by molar-refractivity contribution is 6.33. The van der Waals surface area contributed by atoms with Gasteiger partial charge in [-0.15, -0.1) is 0 Å². The topological polar surface area (TPSA) is 49.3 Å². The zero-order valence-electron chi connectivity index (χ0n) is 10.7. The van der Waals surface area contributed by atoms with E-state index in [1.165, 1.54) is 12.1 Å². The fourth-order valence-electron chi connectivity index (χ4n) is 2.64. The quantitative estimate of drug-likeness (QED) is 0.801. The van der Waals surface area contributed by atoms with Gasteiger partial charge in [0.15, 0.2) is 0 Å². The number of amides is 1. The molecule has 18 heavy (non-hydrogen) atoms. The first-order chi connectivity index (χ1) is 8.40. The van der Waals surface area contributed by atoms with Crippen LogP contribution in [0.2, 0.25) is 5.02 Å². The molecule has 1 aliphatic rings. The molecule has 3 nitrogen and oxygen atoms in total. The highest BCUT2D eigenvalue weighted by Gasteiger charge is 2.39. The molecule has 0 spiro atoms. The monoisotopic (exact) mass is 267 g/mol. The number of carbonyl (C=O) groups is 1. The van der Waals surface area contributed by atoms with Crippen molar-refractivity contribution in [1.29, 1.82) is 0 Å². The SMILES string of the molecule is CC1(C)CCCC1C(=O)Nc1ccc(O)cc1Cl. The predicted molar refractivity (Wildman–Crippen MR) is 72.9 cm³/mol. The van der Waals surface area contributed by atoms with Crippen molar-refractivity contribution in [3.8, 4) is 5.75 Å². The summed E-state index contributed by atoms with van der Waals surface area (Å²) in [5.74, 6) is 0.145. The van der Waals surface area contributed by atoms with E-state index in [0.29, 0.717) is 10.7 Å². The van der Waals surface area contributed by atoms with Crippen LogP contribution in [-0.4, -0.2) is 11.0 Å². The van der Waals surface area contributed by atoms with Crippen LogP contribution in [0.15, 0.2) is 18.2 Å². The number of aromatic hydroxyl groups is 1. The van der Waals surface area contributed by atoms with E-state index in [0.717, 1.165) is 19.3 Å². The summed E-state index contributed by atoms with van der Waals surface area (Å²) in [4.78, 5) is 12.2. The molecule has 1 fully saturated rings. The molecule has 1 aromatic rings. The molecule has 0 heterocycles. The number of hydrogen-bond acceptors (Lipinski definition) is 2. The Morgan fingerprint density at radius 3 is 2.78 bits per heavy atom. The van der Waals surface area contributed by atoms with Crippen molar-refractivity contribution in [1.82, 2.24) is 0 Å². The Morgan fingerprint density at radius 1 is 1.50 bits per heavy atom. The summed E-state index contributed by atoms with van der Waals surface area (Å²) in [6.07, 6.45) is 3.09. The van der Waals surface area contributed by atoms with Crippen LogP contribution in [-0.2, 0) is 4.79 Å². The minimum absolute atomic E-state index is 0.0186. The average Bonchev–Trinajstić information content (AvgIpc) is 2.62. The molecule has 2 rings (SSSR count). The van der Waals surface area contributed by atoms with Gasteiger partial charge in [-0.25, -0.2) is 0 Å². The van der Waals surface area contributed by atoms with E-state index in [1.54, 1.807) is 6.07 Å². The molecule has 1 unspecified atom stereocenters. The minimum atomic E-state index is 0.0186. The fraction of sp³-hybridized carbons (Fsp3) is 0.500. The summed E-state index contributed by atoms with van der Waals surface area (Å²) in [5, 5.41) is 12.5. The van der Waals surface area contributed by atoms with E-state index in [9.17, 15) is 9.90 Å². The summed E-state index contributed by atoms with van der Waals surface area (Å²) < 4.78 is 0. The van der Waals surface area contributed by atoms with Crippen LogP contribution in [0.4, 0.5) is 5.69 Å². The largest absolute Gasteiger partial charge is 0.508 e. The number of nitrogens with one attached hydrogen (secondary N) is 1. The van der Waals surface area contributed by atoms with Crippen molar-refractivity contribution in [2.45, 2.75) is 33.1 Å². The normalized spacial score (nSPS) is 21.8. The number of anilines is 1. The van der Waals surface area contributed by atoms with E-state index in [4.69, 9.17) is 11.6 Å². The van der Waals surface area contributed by atoms with Crippen LogP contribution >= 0.6 is 11.6 Å². The van der Waals surface area contributed by atoms with Crippen LogP contribution in [0.5, 0.6) is 5.75 Å². The van der Waals surface area contributed by atoms with Gasteiger partial charge >= 0.3 is 0 Å². The van der Waals surface area contributed by atoms with Crippen molar-refractivity contribution < 1.29 is 9.90 Å². The highest BCUT2D eigenvalue weighted by atomic mass is 35.5. The molecular formula is C14H18ClNO2. The molecule has 1 atom stereocenters. The van der Waals surface area contributed by atoms with Gasteiger partial charge in [-0.3, -0.25) is 4.79 Å². The maximum atomic E-state index is 12.2. The first-order valence-electron chi connectivity index (χ1n) is 6.19.